The molecule has 1 fully saturated rings. The standard InChI is InChI=1S/C12H13N3O3/c16-10-7-15(8-11(17)14-10)12(18)5-4-9-3-1-2-6-13-9/h1-3,6H,4-5,7-8H2,(H,14,16,17). The fourth-order valence-electron chi connectivity index (χ4n) is 1.75. The number of rotatable bonds is 3. The summed E-state index contributed by atoms with van der Waals surface area (Å²) in [7, 11) is 0. The second-order valence-corrected chi connectivity index (χ2v) is 4.04. The predicted octanol–water partition coefficient (Wildman–Crippen LogP) is -0.501. The minimum absolute atomic E-state index is 0.0488. The van der Waals surface area contributed by atoms with Crippen molar-refractivity contribution in [1.29, 1.82) is 0 Å². The molecule has 6 nitrogen and oxygen atoms in total. The van der Waals surface area contributed by atoms with Crippen molar-refractivity contribution in [2.75, 3.05) is 13.1 Å². The normalized spacial score (nSPS) is 15.4. The van der Waals surface area contributed by atoms with Crippen LogP contribution in [0.4, 0.5) is 0 Å². The van der Waals surface area contributed by atoms with E-state index in [9.17, 15) is 14.4 Å². The lowest BCUT2D eigenvalue weighted by Gasteiger charge is -2.25. The number of hydrogen-bond donors (Lipinski definition) is 1. The van der Waals surface area contributed by atoms with Gasteiger partial charge in [0.15, 0.2) is 0 Å². The van der Waals surface area contributed by atoms with Crippen LogP contribution >= 0.6 is 0 Å². The Balaban J connectivity index is 1.88. The monoisotopic (exact) mass is 247 g/mol. The zero-order valence-electron chi connectivity index (χ0n) is 9.76. The summed E-state index contributed by atoms with van der Waals surface area (Å²) < 4.78 is 0. The molecule has 6 heteroatoms. The molecular weight excluding hydrogens is 234 g/mol. The van der Waals surface area contributed by atoms with Crippen molar-refractivity contribution in [1.82, 2.24) is 15.2 Å². The van der Waals surface area contributed by atoms with Gasteiger partial charge in [0, 0.05) is 18.3 Å². The molecule has 1 aromatic heterocycles. The first-order valence-corrected chi connectivity index (χ1v) is 5.65. The number of nitrogens with zero attached hydrogens (tertiary/aromatic N) is 2. The molecule has 3 amide bonds. The van der Waals surface area contributed by atoms with Crippen LogP contribution in [0, 0.1) is 0 Å². The van der Waals surface area contributed by atoms with E-state index >= 15 is 0 Å². The highest BCUT2D eigenvalue weighted by Crippen LogP contribution is 2.03. The average molecular weight is 247 g/mol. The number of imide groups is 1. The fourth-order valence-corrected chi connectivity index (χ4v) is 1.75. The second kappa shape index (κ2) is 5.39. The van der Waals surface area contributed by atoms with E-state index in [1.807, 2.05) is 12.1 Å². The molecule has 1 N–H and O–H groups in total. The van der Waals surface area contributed by atoms with E-state index in [4.69, 9.17) is 0 Å². The van der Waals surface area contributed by atoms with Crippen LogP contribution in [0.2, 0.25) is 0 Å². The first-order chi connectivity index (χ1) is 8.65. The van der Waals surface area contributed by atoms with Gasteiger partial charge in [0.25, 0.3) is 0 Å². The third kappa shape index (κ3) is 3.13. The molecule has 0 bridgehead atoms. The van der Waals surface area contributed by atoms with E-state index in [2.05, 4.69) is 10.3 Å². The Morgan fingerprint density at radius 2 is 2.00 bits per heavy atom. The van der Waals surface area contributed by atoms with E-state index in [1.54, 1.807) is 12.3 Å². The molecule has 2 heterocycles. The van der Waals surface area contributed by atoms with E-state index in [0.29, 0.717) is 6.42 Å². The number of hydrogen-bond acceptors (Lipinski definition) is 4. The first kappa shape index (κ1) is 12.2. The van der Waals surface area contributed by atoms with Gasteiger partial charge in [-0.3, -0.25) is 24.7 Å². The maximum absolute atomic E-state index is 11.8. The molecule has 0 aliphatic carbocycles. The smallest absolute Gasteiger partial charge is 0.246 e. The molecule has 0 aromatic carbocycles. The van der Waals surface area contributed by atoms with Crippen molar-refractivity contribution in [2.45, 2.75) is 12.8 Å². The number of piperazine rings is 1. The third-order valence-electron chi connectivity index (χ3n) is 2.62. The minimum Gasteiger partial charge on any atom is -0.324 e. The maximum atomic E-state index is 11.8. The largest absolute Gasteiger partial charge is 0.324 e. The quantitative estimate of drug-likeness (QED) is 0.730. The highest BCUT2D eigenvalue weighted by Gasteiger charge is 2.25. The van der Waals surface area contributed by atoms with Gasteiger partial charge in [-0.25, -0.2) is 0 Å². The number of aryl methyl sites for hydroxylation is 1. The molecule has 0 radical (unpaired) electrons. The highest BCUT2D eigenvalue weighted by molar-refractivity contribution is 6.02. The molecule has 2 rings (SSSR count). The van der Waals surface area contributed by atoms with E-state index in [0.717, 1.165) is 5.69 Å². The molecule has 1 aliphatic rings. The number of carbonyl (C=O) groups is 3. The van der Waals surface area contributed by atoms with E-state index in [1.165, 1.54) is 4.90 Å². The Hall–Kier alpha value is -2.24. The number of pyridine rings is 1. The number of nitrogens with one attached hydrogen (secondary N) is 1. The minimum atomic E-state index is -0.433. The molecule has 18 heavy (non-hydrogen) atoms. The molecule has 0 spiro atoms. The van der Waals surface area contributed by atoms with Gasteiger partial charge < -0.3 is 4.90 Å². The van der Waals surface area contributed by atoms with Crippen LogP contribution in [0.25, 0.3) is 0 Å². The first-order valence-electron chi connectivity index (χ1n) is 5.65. The maximum Gasteiger partial charge on any atom is 0.246 e. The van der Waals surface area contributed by atoms with Gasteiger partial charge in [0.1, 0.15) is 13.1 Å². The summed E-state index contributed by atoms with van der Waals surface area (Å²) >= 11 is 0. The van der Waals surface area contributed by atoms with Crippen molar-refractivity contribution in [3.05, 3.63) is 30.1 Å². The van der Waals surface area contributed by atoms with Crippen LogP contribution in [0.1, 0.15) is 12.1 Å². The van der Waals surface area contributed by atoms with Crippen molar-refractivity contribution >= 4 is 17.7 Å². The summed E-state index contributed by atoms with van der Waals surface area (Å²) in [5.74, 6) is -1.07. The average Bonchev–Trinajstić information content (AvgIpc) is 2.36. The molecule has 0 saturated carbocycles. The topological polar surface area (TPSA) is 79.4 Å². The number of amides is 3. The van der Waals surface area contributed by atoms with Crippen LogP contribution in [0.15, 0.2) is 24.4 Å². The van der Waals surface area contributed by atoms with Gasteiger partial charge >= 0.3 is 0 Å². The third-order valence-corrected chi connectivity index (χ3v) is 2.62. The summed E-state index contributed by atoms with van der Waals surface area (Å²) in [6.45, 7) is -0.0976. The Kier molecular flexibility index (Phi) is 3.66. The lowest BCUT2D eigenvalue weighted by atomic mass is 10.2. The lowest BCUT2D eigenvalue weighted by Crippen LogP contribution is -2.53. The molecular formula is C12H13N3O3. The van der Waals surface area contributed by atoms with Crippen molar-refractivity contribution in [3.8, 4) is 0 Å². The van der Waals surface area contributed by atoms with Crippen molar-refractivity contribution < 1.29 is 14.4 Å². The van der Waals surface area contributed by atoms with Crippen LogP contribution in [-0.2, 0) is 20.8 Å². The Morgan fingerprint density at radius 1 is 1.28 bits per heavy atom. The summed E-state index contributed by atoms with van der Waals surface area (Å²) in [6, 6.07) is 5.49. The summed E-state index contributed by atoms with van der Waals surface area (Å²) in [5.41, 5.74) is 0.818. The Labute approximate surface area is 104 Å². The van der Waals surface area contributed by atoms with Gasteiger partial charge in [-0.05, 0) is 18.6 Å². The van der Waals surface area contributed by atoms with Crippen LogP contribution in [0.5, 0.6) is 0 Å². The number of aromatic nitrogens is 1. The zero-order chi connectivity index (χ0) is 13.0. The van der Waals surface area contributed by atoms with Crippen LogP contribution < -0.4 is 5.32 Å². The fraction of sp³-hybridized carbons (Fsp3) is 0.333. The Morgan fingerprint density at radius 3 is 2.61 bits per heavy atom. The molecule has 1 aliphatic heterocycles. The molecule has 1 saturated heterocycles. The highest BCUT2D eigenvalue weighted by atomic mass is 16.2. The van der Waals surface area contributed by atoms with Crippen molar-refractivity contribution in [2.24, 2.45) is 0 Å². The molecule has 0 unspecified atom stereocenters. The molecule has 1 aromatic rings. The van der Waals surface area contributed by atoms with Gasteiger partial charge in [0.2, 0.25) is 17.7 Å². The van der Waals surface area contributed by atoms with E-state index < -0.39 is 11.8 Å². The zero-order valence-corrected chi connectivity index (χ0v) is 9.76. The molecule has 0 atom stereocenters. The summed E-state index contributed by atoms with van der Waals surface area (Å²) in [5, 5.41) is 2.15. The predicted molar refractivity (Wildman–Crippen MR) is 62.3 cm³/mol. The summed E-state index contributed by atoms with van der Waals surface area (Å²) in [4.78, 5) is 39.5. The van der Waals surface area contributed by atoms with E-state index in [-0.39, 0.29) is 25.4 Å². The summed E-state index contributed by atoms with van der Waals surface area (Å²) in [6.07, 6.45) is 2.42. The van der Waals surface area contributed by atoms with Crippen molar-refractivity contribution in [3.63, 3.8) is 0 Å². The SMILES string of the molecule is O=C1CN(C(=O)CCc2ccccn2)CC(=O)N1. The van der Waals surface area contributed by atoms with Gasteiger partial charge in [-0.15, -0.1) is 0 Å². The van der Waals surface area contributed by atoms with Gasteiger partial charge in [-0.1, -0.05) is 6.07 Å². The van der Waals surface area contributed by atoms with Crippen LogP contribution in [0.3, 0.4) is 0 Å². The van der Waals surface area contributed by atoms with Gasteiger partial charge in [-0.2, -0.15) is 0 Å². The Bertz CT molecular complexity index is 457. The van der Waals surface area contributed by atoms with Gasteiger partial charge in [0.05, 0.1) is 0 Å². The van der Waals surface area contributed by atoms with Crippen LogP contribution in [-0.4, -0.2) is 40.7 Å². The second-order valence-electron chi connectivity index (χ2n) is 4.04. The molecule has 94 valence electrons. The lowest BCUT2D eigenvalue weighted by molar-refractivity contribution is -0.145. The number of carbonyl (C=O) groups excluding carboxylic acids is 3.